The summed E-state index contributed by atoms with van der Waals surface area (Å²) in [6.07, 6.45) is 3.67. The maximum absolute atomic E-state index is 12.0. The molecule has 0 bridgehead atoms. The fraction of sp³-hybridized carbons (Fsp3) is 0.471. The predicted octanol–water partition coefficient (Wildman–Crippen LogP) is 2.52. The lowest BCUT2D eigenvalue weighted by Crippen LogP contribution is -2.46. The average molecular weight is 321 g/mol. The molecule has 0 aliphatic carbocycles. The number of rotatable bonds is 4. The van der Waals surface area contributed by atoms with Gasteiger partial charge < -0.3 is 5.32 Å². The fourth-order valence-corrected chi connectivity index (χ4v) is 4.71. The topological polar surface area (TPSA) is 63.2 Å². The molecule has 1 heterocycles. The quantitative estimate of drug-likeness (QED) is 0.867. The molecule has 1 unspecified atom stereocenters. The third-order valence-corrected chi connectivity index (χ3v) is 5.86. The second-order valence-corrected chi connectivity index (χ2v) is 8.73. The van der Waals surface area contributed by atoms with Gasteiger partial charge in [0.25, 0.3) is 0 Å². The summed E-state index contributed by atoms with van der Waals surface area (Å²) in [4.78, 5) is 12.0. The Morgan fingerprint density at radius 3 is 2.41 bits per heavy atom. The van der Waals surface area contributed by atoms with Gasteiger partial charge in [0.2, 0.25) is 5.91 Å². The van der Waals surface area contributed by atoms with Crippen LogP contribution in [-0.4, -0.2) is 31.4 Å². The molecule has 1 aromatic carbocycles. The van der Waals surface area contributed by atoms with Crippen molar-refractivity contribution in [3.05, 3.63) is 41.5 Å². The van der Waals surface area contributed by atoms with Crippen molar-refractivity contribution >= 4 is 21.8 Å². The van der Waals surface area contributed by atoms with Crippen molar-refractivity contribution in [2.75, 3.05) is 11.5 Å². The molecular weight excluding hydrogens is 298 g/mol. The standard InChI is InChI=1S/C17H23NO3S/c1-13(2)15-7-4-14(5-8-15)6-9-16(19)18-17(3)10-11-22(20,21)12-17/h4-9,13H,10-12H2,1-3H3,(H,18,19)/b9-6+. The second-order valence-electron chi connectivity index (χ2n) is 6.55. The van der Waals surface area contributed by atoms with E-state index in [0.29, 0.717) is 12.3 Å². The van der Waals surface area contributed by atoms with Crippen LogP contribution in [0.3, 0.4) is 0 Å². The molecule has 1 atom stereocenters. The first-order valence-electron chi connectivity index (χ1n) is 7.50. The van der Waals surface area contributed by atoms with Crippen LogP contribution < -0.4 is 5.32 Å². The first-order chi connectivity index (χ1) is 10.2. The zero-order chi connectivity index (χ0) is 16.4. The number of sulfone groups is 1. The summed E-state index contributed by atoms with van der Waals surface area (Å²) in [5.41, 5.74) is 1.55. The van der Waals surface area contributed by atoms with Crippen LogP contribution in [0.4, 0.5) is 0 Å². The average Bonchev–Trinajstić information content (AvgIpc) is 2.70. The Balaban J connectivity index is 1.97. The van der Waals surface area contributed by atoms with Crippen molar-refractivity contribution in [1.82, 2.24) is 5.32 Å². The van der Waals surface area contributed by atoms with Crippen LogP contribution in [0.1, 0.15) is 44.2 Å². The first kappa shape index (κ1) is 16.7. The maximum Gasteiger partial charge on any atom is 0.244 e. The summed E-state index contributed by atoms with van der Waals surface area (Å²) in [5.74, 6) is 0.380. The highest BCUT2D eigenvalue weighted by Gasteiger charge is 2.38. The van der Waals surface area contributed by atoms with Gasteiger partial charge in [-0.1, -0.05) is 38.1 Å². The van der Waals surface area contributed by atoms with E-state index in [4.69, 9.17) is 0 Å². The van der Waals surface area contributed by atoms with Crippen LogP contribution in [0.2, 0.25) is 0 Å². The number of carbonyl (C=O) groups is 1. The third-order valence-electron chi connectivity index (χ3n) is 3.96. The maximum atomic E-state index is 12.0. The monoisotopic (exact) mass is 321 g/mol. The lowest BCUT2D eigenvalue weighted by atomic mass is 10.0. The van der Waals surface area contributed by atoms with Crippen LogP contribution in [0, 0.1) is 0 Å². The summed E-state index contributed by atoms with van der Waals surface area (Å²) in [6, 6.07) is 8.04. The van der Waals surface area contributed by atoms with Gasteiger partial charge in [0.05, 0.1) is 17.0 Å². The molecule has 1 aromatic rings. The van der Waals surface area contributed by atoms with Crippen molar-refractivity contribution < 1.29 is 13.2 Å². The van der Waals surface area contributed by atoms with E-state index in [0.717, 1.165) is 5.56 Å². The highest BCUT2D eigenvalue weighted by atomic mass is 32.2. The van der Waals surface area contributed by atoms with E-state index >= 15 is 0 Å². The molecule has 1 amide bonds. The minimum absolute atomic E-state index is 0.0165. The van der Waals surface area contributed by atoms with E-state index in [-0.39, 0.29) is 17.4 Å². The lowest BCUT2D eigenvalue weighted by molar-refractivity contribution is -0.117. The number of nitrogens with one attached hydrogen (secondary N) is 1. The second kappa shape index (κ2) is 6.24. The Morgan fingerprint density at radius 2 is 1.91 bits per heavy atom. The summed E-state index contributed by atoms with van der Waals surface area (Å²) in [5, 5.41) is 2.81. The molecule has 5 heteroatoms. The van der Waals surface area contributed by atoms with Crippen molar-refractivity contribution in [3.8, 4) is 0 Å². The Hall–Kier alpha value is -1.62. The largest absolute Gasteiger partial charge is 0.346 e. The summed E-state index contributed by atoms with van der Waals surface area (Å²) < 4.78 is 23.0. The molecule has 1 aliphatic rings. The van der Waals surface area contributed by atoms with Crippen molar-refractivity contribution in [3.63, 3.8) is 0 Å². The zero-order valence-electron chi connectivity index (χ0n) is 13.3. The highest BCUT2D eigenvalue weighted by molar-refractivity contribution is 7.91. The molecular formula is C17H23NO3S. The third kappa shape index (κ3) is 4.44. The van der Waals surface area contributed by atoms with Crippen LogP contribution in [0.25, 0.3) is 6.08 Å². The summed E-state index contributed by atoms with van der Waals surface area (Å²) in [7, 11) is -3.02. The smallest absolute Gasteiger partial charge is 0.244 e. The van der Waals surface area contributed by atoms with Crippen molar-refractivity contribution in [2.24, 2.45) is 0 Å². The van der Waals surface area contributed by atoms with Gasteiger partial charge in [0, 0.05) is 6.08 Å². The fourth-order valence-electron chi connectivity index (χ4n) is 2.61. The van der Waals surface area contributed by atoms with Gasteiger partial charge in [-0.3, -0.25) is 4.79 Å². The molecule has 1 saturated heterocycles. The molecule has 22 heavy (non-hydrogen) atoms. The van der Waals surface area contributed by atoms with Crippen molar-refractivity contribution in [2.45, 2.75) is 38.6 Å². The number of hydrogen-bond donors (Lipinski definition) is 1. The van der Waals surface area contributed by atoms with Crippen LogP contribution in [0.15, 0.2) is 30.3 Å². The van der Waals surface area contributed by atoms with E-state index in [9.17, 15) is 13.2 Å². The van der Waals surface area contributed by atoms with Gasteiger partial charge in [-0.2, -0.15) is 0 Å². The lowest BCUT2D eigenvalue weighted by Gasteiger charge is -2.22. The molecule has 1 N–H and O–H groups in total. The number of amides is 1. The van der Waals surface area contributed by atoms with Gasteiger partial charge in [-0.25, -0.2) is 8.42 Å². The van der Waals surface area contributed by atoms with E-state index in [2.05, 4.69) is 19.2 Å². The Bertz CT molecular complexity index is 674. The molecule has 1 aliphatic heterocycles. The summed E-state index contributed by atoms with van der Waals surface area (Å²) in [6.45, 7) is 6.05. The Morgan fingerprint density at radius 1 is 1.27 bits per heavy atom. The summed E-state index contributed by atoms with van der Waals surface area (Å²) >= 11 is 0. The molecule has 2 rings (SSSR count). The normalized spacial score (nSPS) is 24.0. The van der Waals surface area contributed by atoms with Gasteiger partial charge in [0.15, 0.2) is 9.84 Å². The van der Waals surface area contributed by atoms with Gasteiger partial charge in [0.1, 0.15) is 0 Å². The highest BCUT2D eigenvalue weighted by Crippen LogP contribution is 2.22. The molecule has 0 aromatic heterocycles. The van der Waals surface area contributed by atoms with E-state index in [1.165, 1.54) is 11.6 Å². The number of benzene rings is 1. The minimum atomic E-state index is -3.02. The van der Waals surface area contributed by atoms with Gasteiger partial charge in [-0.05, 0) is 36.5 Å². The zero-order valence-corrected chi connectivity index (χ0v) is 14.1. The van der Waals surface area contributed by atoms with Gasteiger partial charge >= 0.3 is 0 Å². The molecule has 4 nitrogen and oxygen atoms in total. The Kier molecular flexibility index (Phi) is 4.75. The van der Waals surface area contributed by atoms with Crippen molar-refractivity contribution in [1.29, 1.82) is 0 Å². The predicted molar refractivity (Wildman–Crippen MR) is 89.4 cm³/mol. The molecule has 0 spiro atoms. The molecule has 120 valence electrons. The Labute approximate surface area is 132 Å². The minimum Gasteiger partial charge on any atom is -0.346 e. The molecule has 0 saturated carbocycles. The molecule has 0 radical (unpaired) electrons. The molecule has 1 fully saturated rings. The number of hydrogen-bond acceptors (Lipinski definition) is 3. The van der Waals surface area contributed by atoms with Crippen LogP contribution in [0.5, 0.6) is 0 Å². The van der Waals surface area contributed by atoms with Crippen LogP contribution in [-0.2, 0) is 14.6 Å². The van der Waals surface area contributed by atoms with Crippen LogP contribution >= 0.6 is 0 Å². The van der Waals surface area contributed by atoms with E-state index < -0.39 is 15.4 Å². The first-order valence-corrected chi connectivity index (χ1v) is 9.32. The van der Waals surface area contributed by atoms with E-state index in [1.54, 1.807) is 13.0 Å². The number of carbonyl (C=O) groups excluding carboxylic acids is 1. The van der Waals surface area contributed by atoms with E-state index in [1.807, 2.05) is 24.3 Å². The SMILES string of the molecule is CC(C)c1ccc(/C=C/C(=O)NC2(C)CCS(=O)(=O)C2)cc1. The van der Waals surface area contributed by atoms with Gasteiger partial charge in [-0.15, -0.1) is 0 Å².